The van der Waals surface area contributed by atoms with Crippen LogP contribution in [0.5, 0.6) is 0 Å². The number of anilines is 2. The van der Waals surface area contributed by atoms with Crippen LogP contribution < -0.4 is 10.2 Å². The number of nitrogens with one attached hydrogen (secondary N) is 1. The van der Waals surface area contributed by atoms with Crippen molar-refractivity contribution in [2.24, 2.45) is 0 Å². The minimum Gasteiger partial charge on any atom is -0.380 e. The summed E-state index contributed by atoms with van der Waals surface area (Å²) in [6, 6.07) is 8.26. The van der Waals surface area contributed by atoms with Crippen LogP contribution in [0.3, 0.4) is 0 Å². The summed E-state index contributed by atoms with van der Waals surface area (Å²) in [6.45, 7) is 4.96. The summed E-state index contributed by atoms with van der Waals surface area (Å²) in [5.74, 6) is 0.224. The third kappa shape index (κ3) is 3.26. The average molecular weight is 262 g/mol. The predicted octanol–water partition coefficient (Wildman–Crippen LogP) is 2.65. The number of nitrogens with zero attached hydrogens (tertiary/aromatic N) is 1. The molecule has 1 aromatic carbocycles. The molecule has 1 amide bonds. The van der Waals surface area contributed by atoms with E-state index in [1.165, 1.54) is 0 Å². The van der Waals surface area contributed by atoms with Crippen molar-refractivity contribution in [3.63, 3.8) is 0 Å². The third-order valence-corrected chi connectivity index (χ3v) is 3.72. The maximum Gasteiger partial charge on any atom is 0.227 e. The number of ether oxygens (including phenoxy) is 1. The van der Waals surface area contributed by atoms with Gasteiger partial charge in [0.15, 0.2) is 0 Å². The first-order chi connectivity index (χ1) is 9.11. The van der Waals surface area contributed by atoms with Gasteiger partial charge in [-0.25, -0.2) is 0 Å². The van der Waals surface area contributed by atoms with E-state index in [-0.39, 0.29) is 18.1 Å². The van der Waals surface area contributed by atoms with Crippen molar-refractivity contribution in [1.29, 1.82) is 0 Å². The first-order valence-corrected chi connectivity index (χ1v) is 6.81. The van der Waals surface area contributed by atoms with Gasteiger partial charge in [0, 0.05) is 37.5 Å². The van der Waals surface area contributed by atoms with Crippen molar-refractivity contribution in [2.45, 2.75) is 38.8 Å². The van der Waals surface area contributed by atoms with E-state index in [1.54, 1.807) is 7.11 Å². The Balaban J connectivity index is 2.00. The third-order valence-electron chi connectivity index (χ3n) is 3.72. The van der Waals surface area contributed by atoms with Gasteiger partial charge in [-0.2, -0.15) is 0 Å². The van der Waals surface area contributed by atoms with E-state index in [2.05, 4.69) is 12.2 Å². The van der Waals surface area contributed by atoms with Crippen LogP contribution in [0.2, 0.25) is 0 Å². The molecule has 1 heterocycles. The smallest absolute Gasteiger partial charge is 0.227 e. The monoisotopic (exact) mass is 262 g/mol. The molecule has 1 aliphatic heterocycles. The highest BCUT2D eigenvalue weighted by Crippen LogP contribution is 2.23. The second-order valence-electron chi connectivity index (χ2n) is 5.07. The molecular formula is C15H22N2O2. The molecule has 1 aromatic rings. The summed E-state index contributed by atoms with van der Waals surface area (Å²) in [5, 5.41) is 3.39. The van der Waals surface area contributed by atoms with Gasteiger partial charge >= 0.3 is 0 Å². The quantitative estimate of drug-likeness (QED) is 0.887. The first kappa shape index (κ1) is 13.9. The molecule has 0 spiro atoms. The van der Waals surface area contributed by atoms with Crippen molar-refractivity contribution in [2.75, 3.05) is 23.9 Å². The van der Waals surface area contributed by atoms with E-state index in [9.17, 15) is 4.79 Å². The molecule has 1 N–H and O–H groups in total. The highest BCUT2D eigenvalue weighted by Gasteiger charge is 2.21. The molecule has 1 fully saturated rings. The zero-order valence-electron chi connectivity index (χ0n) is 11.8. The molecule has 1 aliphatic rings. The zero-order valence-corrected chi connectivity index (χ0v) is 11.8. The summed E-state index contributed by atoms with van der Waals surface area (Å²) in [6.07, 6.45) is 1.78. The van der Waals surface area contributed by atoms with Gasteiger partial charge in [-0.1, -0.05) is 0 Å². The fourth-order valence-corrected chi connectivity index (χ4v) is 2.24. The van der Waals surface area contributed by atoms with Crippen LogP contribution in [0.25, 0.3) is 0 Å². The molecule has 19 heavy (non-hydrogen) atoms. The molecule has 1 saturated heterocycles. The van der Waals surface area contributed by atoms with Gasteiger partial charge in [-0.05, 0) is 44.5 Å². The van der Waals surface area contributed by atoms with Gasteiger partial charge in [0.2, 0.25) is 5.91 Å². The van der Waals surface area contributed by atoms with E-state index in [4.69, 9.17) is 4.74 Å². The summed E-state index contributed by atoms with van der Waals surface area (Å²) in [4.78, 5) is 13.5. The van der Waals surface area contributed by atoms with Crippen LogP contribution in [-0.2, 0) is 9.53 Å². The van der Waals surface area contributed by atoms with Gasteiger partial charge in [0.1, 0.15) is 0 Å². The number of carbonyl (C=O) groups is 1. The van der Waals surface area contributed by atoms with Crippen LogP contribution in [0, 0.1) is 0 Å². The topological polar surface area (TPSA) is 41.6 Å². The molecule has 2 rings (SSSR count). The fourth-order valence-electron chi connectivity index (χ4n) is 2.24. The molecule has 2 unspecified atom stereocenters. The summed E-state index contributed by atoms with van der Waals surface area (Å²) >= 11 is 0. The lowest BCUT2D eigenvalue weighted by molar-refractivity contribution is -0.117. The van der Waals surface area contributed by atoms with Crippen LogP contribution in [0.4, 0.5) is 11.4 Å². The van der Waals surface area contributed by atoms with Gasteiger partial charge in [0.25, 0.3) is 0 Å². The molecular weight excluding hydrogens is 240 g/mol. The number of rotatable bonds is 5. The van der Waals surface area contributed by atoms with Crippen LogP contribution in [0.1, 0.15) is 26.7 Å². The number of benzene rings is 1. The fraction of sp³-hybridized carbons (Fsp3) is 0.533. The van der Waals surface area contributed by atoms with E-state index in [0.717, 1.165) is 24.3 Å². The molecule has 4 nitrogen and oxygen atoms in total. The largest absolute Gasteiger partial charge is 0.380 e. The number of methoxy groups -OCH3 is 1. The SMILES string of the molecule is COC(C)C(C)Nc1ccc(N2CCCC2=O)cc1. The Hall–Kier alpha value is -1.55. The lowest BCUT2D eigenvalue weighted by Gasteiger charge is -2.22. The van der Waals surface area contributed by atoms with Crippen molar-refractivity contribution in [3.8, 4) is 0 Å². The number of hydrogen-bond acceptors (Lipinski definition) is 3. The molecule has 4 heteroatoms. The minimum absolute atomic E-state index is 0.153. The minimum atomic E-state index is 0.153. The predicted molar refractivity (Wildman–Crippen MR) is 77.6 cm³/mol. The Labute approximate surface area is 114 Å². The van der Waals surface area contributed by atoms with Gasteiger partial charge in [-0.15, -0.1) is 0 Å². The Morgan fingerprint density at radius 3 is 2.47 bits per heavy atom. The van der Waals surface area contributed by atoms with E-state index in [1.807, 2.05) is 36.1 Å². The van der Waals surface area contributed by atoms with E-state index >= 15 is 0 Å². The molecule has 0 bridgehead atoms. The highest BCUT2D eigenvalue weighted by atomic mass is 16.5. The number of hydrogen-bond donors (Lipinski definition) is 1. The van der Waals surface area contributed by atoms with Crippen LogP contribution >= 0.6 is 0 Å². The van der Waals surface area contributed by atoms with Gasteiger partial charge < -0.3 is 15.0 Å². The molecule has 104 valence electrons. The highest BCUT2D eigenvalue weighted by molar-refractivity contribution is 5.95. The molecule has 2 atom stereocenters. The molecule has 0 saturated carbocycles. The maximum atomic E-state index is 11.7. The van der Waals surface area contributed by atoms with E-state index in [0.29, 0.717) is 6.42 Å². The summed E-state index contributed by atoms with van der Waals surface area (Å²) in [5.41, 5.74) is 2.03. The lowest BCUT2D eigenvalue weighted by Crippen LogP contribution is -2.29. The van der Waals surface area contributed by atoms with Crippen molar-refractivity contribution < 1.29 is 9.53 Å². The Morgan fingerprint density at radius 2 is 1.95 bits per heavy atom. The number of amides is 1. The Bertz CT molecular complexity index is 430. The maximum absolute atomic E-state index is 11.7. The Morgan fingerprint density at radius 1 is 1.26 bits per heavy atom. The van der Waals surface area contributed by atoms with Crippen LogP contribution in [0.15, 0.2) is 24.3 Å². The number of carbonyl (C=O) groups excluding carboxylic acids is 1. The second-order valence-corrected chi connectivity index (χ2v) is 5.07. The average Bonchev–Trinajstić information content (AvgIpc) is 2.85. The molecule has 0 aromatic heterocycles. The zero-order chi connectivity index (χ0) is 13.8. The van der Waals surface area contributed by atoms with Gasteiger partial charge in [-0.3, -0.25) is 4.79 Å². The summed E-state index contributed by atoms with van der Waals surface area (Å²) < 4.78 is 5.29. The van der Waals surface area contributed by atoms with Gasteiger partial charge in [0.05, 0.1) is 6.10 Å². The molecule has 0 radical (unpaired) electrons. The summed E-state index contributed by atoms with van der Waals surface area (Å²) in [7, 11) is 1.71. The standard InChI is InChI=1S/C15H22N2O2/c1-11(12(2)19-3)16-13-6-8-14(9-7-13)17-10-4-5-15(17)18/h6-9,11-12,16H,4-5,10H2,1-3H3. The van der Waals surface area contributed by atoms with Crippen molar-refractivity contribution >= 4 is 17.3 Å². The lowest BCUT2D eigenvalue weighted by atomic mass is 10.2. The van der Waals surface area contributed by atoms with E-state index < -0.39 is 0 Å². The first-order valence-electron chi connectivity index (χ1n) is 6.81. The second kappa shape index (κ2) is 6.06. The van der Waals surface area contributed by atoms with Crippen molar-refractivity contribution in [3.05, 3.63) is 24.3 Å². The molecule has 0 aliphatic carbocycles. The Kier molecular flexibility index (Phi) is 4.43. The normalized spacial score (nSPS) is 18.5. The van der Waals surface area contributed by atoms with Crippen molar-refractivity contribution in [1.82, 2.24) is 0 Å². The van der Waals surface area contributed by atoms with Crippen LogP contribution in [-0.4, -0.2) is 31.7 Å².